The maximum absolute atomic E-state index is 12.3. The summed E-state index contributed by atoms with van der Waals surface area (Å²) < 4.78 is 22.1. The van der Waals surface area contributed by atoms with Gasteiger partial charge in [-0.15, -0.1) is 0 Å². The molecule has 1 aromatic heterocycles. The summed E-state index contributed by atoms with van der Waals surface area (Å²) in [7, 11) is 0. The lowest BCUT2D eigenvalue weighted by Gasteiger charge is -2.11. The average Bonchev–Trinajstić information content (AvgIpc) is 3.20. The molecule has 0 radical (unpaired) electrons. The molecule has 2 aliphatic heterocycles. The normalized spacial score (nSPS) is 23.4. The van der Waals surface area contributed by atoms with Crippen molar-refractivity contribution in [3.63, 3.8) is 0 Å². The Morgan fingerprint density at radius 1 is 1.26 bits per heavy atom. The van der Waals surface area contributed by atoms with Gasteiger partial charge >= 0.3 is 5.63 Å². The summed E-state index contributed by atoms with van der Waals surface area (Å²) in [6, 6.07) is 1.77. The lowest BCUT2D eigenvalue weighted by atomic mass is 9.95. The van der Waals surface area contributed by atoms with Gasteiger partial charge in [0.1, 0.15) is 22.6 Å². The first-order chi connectivity index (χ1) is 11.2. The number of Topliss-reactive ketones (excluding diaryl/α,β-unsaturated/α-hetero) is 1. The number of rotatable bonds is 1. The number of hydrogen-bond acceptors (Lipinski definition) is 6. The van der Waals surface area contributed by atoms with Gasteiger partial charge < -0.3 is 17.0 Å². The first kappa shape index (κ1) is 13.4. The molecule has 0 fully saturated rings. The second-order valence-corrected chi connectivity index (χ2v) is 6.15. The van der Waals surface area contributed by atoms with Gasteiger partial charge in [-0.3, -0.25) is 4.79 Å². The van der Waals surface area contributed by atoms with Crippen molar-refractivity contribution < 1.29 is 21.8 Å². The van der Waals surface area contributed by atoms with E-state index in [1.54, 1.807) is 35.3 Å². The van der Waals surface area contributed by atoms with E-state index in [0.29, 0.717) is 40.9 Å². The van der Waals surface area contributed by atoms with Crippen LogP contribution in [0.4, 0.5) is 0 Å². The molecule has 0 amide bonds. The molecule has 1 aliphatic carbocycles. The molecule has 23 heavy (non-hydrogen) atoms. The highest BCUT2D eigenvalue weighted by Gasteiger charge is 2.41. The molecule has 0 saturated carbocycles. The monoisotopic (exact) mass is 424 g/mol. The number of hydrogen-bond donors (Lipinski definition) is 0. The third-order valence-electron chi connectivity index (χ3n) is 4.58. The van der Waals surface area contributed by atoms with Crippen molar-refractivity contribution in [2.75, 3.05) is 0 Å². The van der Waals surface area contributed by atoms with Crippen molar-refractivity contribution in [3.05, 3.63) is 45.5 Å². The molecule has 6 nitrogen and oxygen atoms in total. The van der Waals surface area contributed by atoms with Gasteiger partial charge in [0, 0.05) is 12.5 Å². The average molecular weight is 424 g/mol. The maximum Gasteiger partial charge on any atom is 0.347 e. The highest BCUT2D eigenvalue weighted by Crippen LogP contribution is 2.50. The fourth-order valence-electron chi connectivity index (χ4n) is 3.62. The number of aryl methyl sites for hydroxylation is 1. The van der Waals surface area contributed by atoms with E-state index in [1.165, 1.54) is 0 Å². The molecular formula is C16H9IO6. The number of ether oxygens (including phenoxy) is 2. The number of carbonyl (C=O) groups is 1. The van der Waals surface area contributed by atoms with E-state index in [9.17, 15) is 9.59 Å². The Morgan fingerprint density at radius 3 is 2.96 bits per heavy atom. The van der Waals surface area contributed by atoms with Crippen molar-refractivity contribution >= 4 is 39.8 Å². The van der Waals surface area contributed by atoms with Crippen LogP contribution in [0.5, 0.6) is 11.5 Å². The third kappa shape index (κ3) is 1.63. The molecule has 2 unspecified atom stereocenters. The minimum absolute atomic E-state index is 0.130. The van der Waals surface area contributed by atoms with Crippen LogP contribution in [0.3, 0.4) is 0 Å². The summed E-state index contributed by atoms with van der Waals surface area (Å²) in [5.74, 6) is 0.803. The van der Waals surface area contributed by atoms with E-state index in [4.69, 9.17) is 17.0 Å². The first-order valence-electron chi connectivity index (χ1n) is 7.16. The van der Waals surface area contributed by atoms with Gasteiger partial charge in [0.25, 0.3) is 6.29 Å². The van der Waals surface area contributed by atoms with Gasteiger partial charge in [0.05, 0.1) is 23.1 Å². The Morgan fingerprint density at radius 2 is 2.13 bits per heavy atom. The predicted octanol–water partition coefficient (Wildman–Crippen LogP) is 3.00. The van der Waals surface area contributed by atoms with Crippen molar-refractivity contribution in [3.8, 4) is 11.5 Å². The van der Waals surface area contributed by atoms with Gasteiger partial charge in [-0.1, -0.05) is 0 Å². The van der Waals surface area contributed by atoms with Crippen LogP contribution in [0.2, 0.25) is 0 Å². The lowest BCUT2D eigenvalue weighted by Crippen LogP contribution is -2.14. The van der Waals surface area contributed by atoms with E-state index in [2.05, 4.69) is 0 Å². The Kier molecular flexibility index (Phi) is 2.62. The van der Waals surface area contributed by atoms with E-state index < -0.39 is 11.9 Å². The summed E-state index contributed by atoms with van der Waals surface area (Å²) in [5.41, 5.74) is 1.47. The molecule has 0 N–H and O–H groups in total. The number of fused-ring (bicyclic) bond motifs is 7. The van der Waals surface area contributed by atoms with Gasteiger partial charge in [-0.05, 0) is 18.1 Å². The Labute approximate surface area is 143 Å². The maximum atomic E-state index is 12.3. The Hall–Kier alpha value is -2.03. The largest absolute Gasteiger partial charge is 0.462 e. The molecule has 3 heterocycles. The number of halogens is 1. The molecule has 2 aromatic rings. The summed E-state index contributed by atoms with van der Waals surface area (Å²) in [6.45, 7) is 0. The van der Waals surface area contributed by atoms with E-state index in [1.807, 2.05) is 6.08 Å². The zero-order valence-corrected chi connectivity index (χ0v) is 13.8. The molecule has 1 aromatic carbocycles. The predicted molar refractivity (Wildman–Crippen MR) is 87.2 cm³/mol. The summed E-state index contributed by atoms with van der Waals surface area (Å²) >= 11 is 1.77. The van der Waals surface area contributed by atoms with Crippen LogP contribution < -0.4 is 13.4 Å². The van der Waals surface area contributed by atoms with E-state index >= 15 is 0 Å². The molecule has 0 saturated heterocycles. The molecule has 7 heteroatoms. The summed E-state index contributed by atoms with van der Waals surface area (Å²) in [5, 5.41) is 0.683. The van der Waals surface area contributed by atoms with Gasteiger partial charge in [-0.2, -0.15) is 0 Å². The fraction of sp³-hybridized carbons (Fsp3) is 0.250. The van der Waals surface area contributed by atoms with Crippen LogP contribution in [0.25, 0.3) is 11.0 Å². The van der Waals surface area contributed by atoms with Gasteiger partial charge in [0.15, 0.2) is 28.8 Å². The van der Waals surface area contributed by atoms with E-state index in [0.717, 1.165) is 5.56 Å². The molecule has 0 bridgehead atoms. The zero-order valence-electron chi connectivity index (χ0n) is 11.6. The molecule has 3 aliphatic rings. The highest BCUT2D eigenvalue weighted by molar-refractivity contribution is 14.1. The van der Waals surface area contributed by atoms with Gasteiger partial charge in [-0.25, -0.2) is 4.79 Å². The van der Waals surface area contributed by atoms with Crippen LogP contribution in [-0.2, 0) is 11.2 Å². The fourth-order valence-corrected chi connectivity index (χ4v) is 3.97. The quantitative estimate of drug-likeness (QED) is 0.518. The van der Waals surface area contributed by atoms with Crippen LogP contribution in [0.15, 0.2) is 27.6 Å². The highest BCUT2D eigenvalue weighted by atomic mass is 127. The van der Waals surface area contributed by atoms with Crippen LogP contribution in [-0.4, -0.2) is 12.1 Å². The standard InChI is InChI=1S/C16H9IO6/c17-23-10-5-9-13(7-3-4-20-16(7)21-9)14-12(10)6-1-2-8(18)11(6)15(19)22-14/h3-5,7,16H,1-2H2. The molecule has 0 spiro atoms. The SMILES string of the molecule is O=C1CCc2c1c(=O)oc1c3c(cc(OI)c21)OC1OC=CC31. The Balaban J connectivity index is 1.94. The molecule has 116 valence electrons. The third-order valence-corrected chi connectivity index (χ3v) is 5.05. The minimum Gasteiger partial charge on any atom is -0.462 e. The number of ketones is 1. The molecule has 5 rings (SSSR count). The van der Waals surface area contributed by atoms with Gasteiger partial charge in [0.2, 0.25) is 0 Å². The second-order valence-electron chi connectivity index (χ2n) is 5.71. The zero-order chi connectivity index (χ0) is 15.7. The smallest absolute Gasteiger partial charge is 0.347 e. The van der Waals surface area contributed by atoms with Crippen molar-refractivity contribution in [2.45, 2.75) is 25.0 Å². The Bertz CT molecular complexity index is 973. The van der Waals surface area contributed by atoms with Crippen LogP contribution >= 0.6 is 23.0 Å². The number of benzene rings is 1. The first-order valence-corrected chi connectivity index (χ1v) is 8.04. The summed E-state index contributed by atoms with van der Waals surface area (Å²) in [6.07, 6.45) is 3.85. The lowest BCUT2D eigenvalue weighted by molar-refractivity contribution is -0.00481. The molecular weight excluding hydrogens is 415 g/mol. The van der Waals surface area contributed by atoms with Crippen molar-refractivity contribution in [1.29, 1.82) is 0 Å². The number of carbonyl (C=O) groups excluding carboxylic acids is 1. The summed E-state index contributed by atoms with van der Waals surface area (Å²) in [4.78, 5) is 24.3. The van der Waals surface area contributed by atoms with Crippen LogP contribution in [0.1, 0.15) is 33.8 Å². The molecule has 2 atom stereocenters. The van der Waals surface area contributed by atoms with Crippen LogP contribution in [0, 0.1) is 0 Å². The van der Waals surface area contributed by atoms with E-state index in [-0.39, 0.29) is 17.3 Å². The minimum atomic E-state index is -0.589. The second kappa shape index (κ2) is 4.50. The van der Waals surface area contributed by atoms with Crippen molar-refractivity contribution in [2.24, 2.45) is 0 Å². The van der Waals surface area contributed by atoms with Crippen molar-refractivity contribution in [1.82, 2.24) is 0 Å². The topological polar surface area (TPSA) is 75.0 Å².